The monoisotopic (exact) mass is 280 g/mol. The molecule has 1 aromatic heterocycles. The van der Waals surface area contributed by atoms with Gasteiger partial charge in [-0.05, 0) is 37.7 Å². The van der Waals surface area contributed by atoms with E-state index in [1.54, 1.807) is 12.3 Å². The summed E-state index contributed by atoms with van der Waals surface area (Å²) in [6.07, 6.45) is 8.51. The van der Waals surface area contributed by atoms with Gasteiger partial charge in [0.1, 0.15) is 11.4 Å². The highest BCUT2D eigenvalue weighted by Crippen LogP contribution is 2.30. The van der Waals surface area contributed by atoms with E-state index in [-0.39, 0.29) is 0 Å². The van der Waals surface area contributed by atoms with Gasteiger partial charge in [-0.2, -0.15) is 11.8 Å². The van der Waals surface area contributed by atoms with Crippen LogP contribution in [0.3, 0.4) is 0 Å². The van der Waals surface area contributed by atoms with Crippen molar-refractivity contribution >= 4 is 23.5 Å². The second kappa shape index (κ2) is 6.28. The Kier molecular flexibility index (Phi) is 4.69. The second-order valence-electron chi connectivity index (χ2n) is 4.97. The van der Waals surface area contributed by atoms with Crippen molar-refractivity contribution in [3.05, 3.63) is 23.4 Å². The summed E-state index contributed by atoms with van der Waals surface area (Å²) in [5, 5.41) is 13.2. The van der Waals surface area contributed by atoms with E-state index >= 15 is 0 Å². The third kappa shape index (κ3) is 3.21. The Hall–Kier alpha value is -1.23. The number of hydrogen-bond donors (Lipinski definition) is 2. The van der Waals surface area contributed by atoms with Crippen molar-refractivity contribution in [2.45, 2.75) is 43.9 Å². The van der Waals surface area contributed by atoms with Crippen molar-refractivity contribution in [3.63, 3.8) is 0 Å². The maximum atomic E-state index is 11.4. The summed E-state index contributed by atoms with van der Waals surface area (Å²) in [5.74, 6) is -0.400. The molecule has 2 rings (SSSR count). The van der Waals surface area contributed by atoms with Gasteiger partial charge >= 0.3 is 5.97 Å². The first-order chi connectivity index (χ1) is 9.13. The van der Waals surface area contributed by atoms with Gasteiger partial charge in [-0.25, -0.2) is 9.78 Å². The average Bonchev–Trinajstić information content (AvgIpc) is 2.39. The van der Waals surface area contributed by atoms with Crippen molar-refractivity contribution in [3.8, 4) is 0 Å². The van der Waals surface area contributed by atoms with E-state index in [9.17, 15) is 9.90 Å². The molecule has 19 heavy (non-hydrogen) atoms. The standard InChI is InChI=1S/C14H20N2O2S/c1-9-7-8-15-13(12(9)14(17)18)16-10-5-3-4-6-11(10)19-2/h7-8,10-11H,3-6H2,1-2H3,(H,15,16)(H,17,18). The molecule has 2 atom stereocenters. The van der Waals surface area contributed by atoms with Gasteiger partial charge < -0.3 is 10.4 Å². The molecule has 2 N–H and O–H groups in total. The molecule has 4 nitrogen and oxygen atoms in total. The van der Waals surface area contributed by atoms with Crippen LogP contribution >= 0.6 is 11.8 Å². The molecule has 0 amide bonds. The molecule has 0 bridgehead atoms. The number of rotatable bonds is 4. The lowest BCUT2D eigenvalue weighted by Crippen LogP contribution is -2.35. The highest BCUT2D eigenvalue weighted by Gasteiger charge is 2.26. The van der Waals surface area contributed by atoms with E-state index in [4.69, 9.17) is 0 Å². The van der Waals surface area contributed by atoms with Crippen LogP contribution < -0.4 is 5.32 Å². The maximum absolute atomic E-state index is 11.4. The highest BCUT2D eigenvalue weighted by molar-refractivity contribution is 7.99. The van der Waals surface area contributed by atoms with E-state index in [0.29, 0.717) is 22.7 Å². The zero-order valence-electron chi connectivity index (χ0n) is 11.3. The predicted molar refractivity (Wildman–Crippen MR) is 79.1 cm³/mol. The first kappa shape index (κ1) is 14.2. The second-order valence-corrected chi connectivity index (χ2v) is 6.04. The third-order valence-corrected chi connectivity index (χ3v) is 4.87. The minimum Gasteiger partial charge on any atom is -0.478 e. The molecule has 5 heteroatoms. The van der Waals surface area contributed by atoms with Gasteiger partial charge in [-0.15, -0.1) is 0 Å². The SMILES string of the molecule is CSC1CCCCC1Nc1nccc(C)c1C(=O)O. The predicted octanol–water partition coefficient (Wildman–Crippen LogP) is 3.17. The number of anilines is 1. The zero-order valence-corrected chi connectivity index (χ0v) is 12.2. The summed E-state index contributed by atoms with van der Waals surface area (Å²) >= 11 is 1.85. The summed E-state index contributed by atoms with van der Waals surface area (Å²) < 4.78 is 0. The van der Waals surface area contributed by atoms with Crippen molar-refractivity contribution in [1.82, 2.24) is 4.98 Å². The number of carbonyl (C=O) groups is 1. The topological polar surface area (TPSA) is 62.2 Å². The smallest absolute Gasteiger partial charge is 0.339 e. The molecule has 1 aliphatic rings. The number of aromatic carboxylic acids is 1. The van der Waals surface area contributed by atoms with Crippen molar-refractivity contribution < 1.29 is 9.90 Å². The van der Waals surface area contributed by atoms with Crippen LogP contribution in [-0.4, -0.2) is 33.6 Å². The number of hydrogen-bond acceptors (Lipinski definition) is 4. The van der Waals surface area contributed by atoms with E-state index in [2.05, 4.69) is 16.6 Å². The van der Waals surface area contributed by atoms with Gasteiger partial charge in [0.15, 0.2) is 0 Å². The van der Waals surface area contributed by atoms with Gasteiger partial charge in [0.05, 0.1) is 0 Å². The lowest BCUT2D eigenvalue weighted by molar-refractivity contribution is 0.0696. The molecule has 0 aromatic carbocycles. The van der Waals surface area contributed by atoms with E-state index in [1.807, 2.05) is 18.7 Å². The number of nitrogens with one attached hydrogen (secondary N) is 1. The largest absolute Gasteiger partial charge is 0.478 e. The molecule has 1 aliphatic carbocycles. The Labute approximate surface area is 118 Å². The molecular weight excluding hydrogens is 260 g/mol. The number of thioether (sulfide) groups is 1. The van der Waals surface area contributed by atoms with Crippen LogP contribution in [-0.2, 0) is 0 Å². The minimum absolute atomic E-state index is 0.299. The molecule has 2 unspecified atom stereocenters. The van der Waals surface area contributed by atoms with Gasteiger partial charge in [0.25, 0.3) is 0 Å². The fourth-order valence-corrected chi connectivity index (χ4v) is 3.59. The normalized spacial score (nSPS) is 23.1. The molecule has 0 spiro atoms. The van der Waals surface area contributed by atoms with Crippen LogP contribution in [0.25, 0.3) is 0 Å². The Bertz CT molecular complexity index is 465. The van der Waals surface area contributed by atoms with Gasteiger partial charge in [-0.1, -0.05) is 12.8 Å². The third-order valence-electron chi connectivity index (χ3n) is 3.70. The fraction of sp³-hybridized carbons (Fsp3) is 0.571. The van der Waals surface area contributed by atoms with E-state index < -0.39 is 5.97 Å². The minimum atomic E-state index is -0.912. The van der Waals surface area contributed by atoms with Crippen LogP contribution in [0.2, 0.25) is 0 Å². The van der Waals surface area contributed by atoms with Gasteiger partial charge in [0.2, 0.25) is 0 Å². The van der Waals surface area contributed by atoms with Gasteiger partial charge in [-0.3, -0.25) is 0 Å². The molecule has 1 heterocycles. The molecule has 1 saturated carbocycles. The quantitative estimate of drug-likeness (QED) is 0.887. The first-order valence-electron chi connectivity index (χ1n) is 6.61. The lowest BCUT2D eigenvalue weighted by Gasteiger charge is -2.31. The Morgan fingerprint density at radius 1 is 1.47 bits per heavy atom. The fourth-order valence-electron chi connectivity index (χ4n) is 2.66. The van der Waals surface area contributed by atoms with Crippen LogP contribution in [0.5, 0.6) is 0 Å². The first-order valence-corrected chi connectivity index (χ1v) is 7.90. The van der Waals surface area contributed by atoms with Crippen LogP contribution in [0.4, 0.5) is 5.82 Å². The van der Waals surface area contributed by atoms with Gasteiger partial charge in [0, 0.05) is 17.5 Å². The number of nitrogens with zero attached hydrogens (tertiary/aromatic N) is 1. The number of aromatic nitrogens is 1. The molecule has 1 fully saturated rings. The number of aryl methyl sites for hydroxylation is 1. The molecular formula is C14H20N2O2S. The highest BCUT2D eigenvalue weighted by atomic mass is 32.2. The van der Waals surface area contributed by atoms with E-state index in [1.165, 1.54) is 19.3 Å². The van der Waals surface area contributed by atoms with Crippen molar-refractivity contribution in [2.75, 3.05) is 11.6 Å². The maximum Gasteiger partial charge on any atom is 0.339 e. The Balaban J connectivity index is 2.22. The van der Waals surface area contributed by atoms with Crippen LogP contribution in [0.15, 0.2) is 12.3 Å². The van der Waals surface area contributed by atoms with Crippen LogP contribution in [0, 0.1) is 6.92 Å². The van der Waals surface area contributed by atoms with E-state index in [0.717, 1.165) is 12.0 Å². The Morgan fingerprint density at radius 3 is 2.89 bits per heavy atom. The van der Waals surface area contributed by atoms with Crippen LogP contribution in [0.1, 0.15) is 41.6 Å². The summed E-state index contributed by atoms with van der Waals surface area (Å²) in [5.41, 5.74) is 1.05. The molecule has 104 valence electrons. The molecule has 0 radical (unpaired) electrons. The molecule has 1 aromatic rings. The number of pyridine rings is 1. The number of carboxylic acids is 1. The molecule has 0 aliphatic heterocycles. The average molecular weight is 280 g/mol. The zero-order chi connectivity index (χ0) is 13.8. The van der Waals surface area contributed by atoms with Crippen molar-refractivity contribution in [1.29, 1.82) is 0 Å². The van der Waals surface area contributed by atoms with Crippen molar-refractivity contribution in [2.24, 2.45) is 0 Å². The summed E-state index contributed by atoms with van der Waals surface area (Å²) in [7, 11) is 0. The summed E-state index contributed by atoms with van der Waals surface area (Å²) in [6, 6.07) is 2.05. The summed E-state index contributed by atoms with van der Waals surface area (Å²) in [4.78, 5) is 15.6. The Morgan fingerprint density at radius 2 is 2.21 bits per heavy atom. The number of carboxylic acid groups (broad SMARTS) is 1. The lowest BCUT2D eigenvalue weighted by atomic mass is 9.94. The summed E-state index contributed by atoms with van der Waals surface area (Å²) in [6.45, 7) is 1.81. The molecule has 0 saturated heterocycles.